The van der Waals surface area contributed by atoms with Gasteiger partial charge in [0.05, 0.1) is 11.6 Å². The van der Waals surface area contributed by atoms with Crippen LogP contribution in [0.15, 0.2) is 21.9 Å². The van der Waals surface area contributed by atoms with Crippen LogP contribution < -0.4 is 17.0 Å². The molecule has 2 heterocycles. The van der Waals surface area contributed by atoms with Crippen LogP contribution in [0.25, 0.3) is 0 Å². The summed E-state index contributed by atoms with van der Waals surface area (Å²) in [7, 11) is 1.53. The molecule has 0 unspecified atom stereocenters. The molecule has 0 aromatic carbocycles. The Morgan fingerprint density at radius 1 is 1.58 bits per heavy atom. The Morgan fingerprint density at radius 3 is 2.79 bits per heavy atom. The number of rotatable bonds is 3. The Labute approximate surface area is 110 Å². The van der Waals surface area contributed by atoms with E-state index in [1.165, 1.54) is 23.9 Å². The number of H-pyrrole nitrogens is 1. The monoisotopic (exact) mass is 269 g/mol. The van der Waals surface area contributed by atoms with Crippen LogP contribution in [0.4, 0.5) is 0 Å². The lowest BCUT2D eigenvalue weighted by atomic mass is 9.93. The third-order valence-electron chi connectivity index (χ3n) is 3.83. The molecule has 3 N–H and O–H groups in total. The molecule has 2 rings (SSSR count). The average Bonchev–Trinajstić information content (AvgIpc) is 2.62. The van der Waals surface area contributed by atoms with Crippen molar-refractivity contribution in [3.63, 3.8) is 0 Å². The Balaban J connectivity index is 2.44. The number of hydrogen-bond donors (Lipinski definition) is 2. The predicted octanol–water partition coefficient (Wildman–Crippen LogP) is -0.424. The van der Waals surface area contributed by atoms with E-state index in [1.807, 2.05) is 13.8 Å². The van der Waals surface area contributed by atoms with E-state index < -0.39 is 29.2 Å². The van der Waals surface area contributed by atoms with Crippen LogP contribution in [-0.4, -0.2) is 34.4 Å². The van der Waals surface area contributed by atoms with E-state index in [4.69, 9.17) is 15.2 Å². The molecule has 0 saturated carbocycles. The Bertz CT molecular complexity index is 567. The van der Waals surface area contributed by atoms with Gasteiger partial charge in [-0.1, -0.05) is 6.92 Å². The number of methoxy groups -OCH3 is 1. The summed E-state index contributed by atoms with van der Waals surface area (Å²) in [4.78, 5) is 25.1. The van der Waals surface area contributed by atoms with Gasteiger partial charge in [0, 0.05) is 19.4 Å². The first-order chi connectivity index (χ1) is 8.92. The number of hydrogen-bond acceptors (Lipinski definition) is 5. The highest BCUT2D eigenvalue weighted by atomic mass is 16.6. The molecule has 0 amide bonds. The number of aromatic amines is 1. The van der Waals surface area contributed by atoms with Crippen molar-refractivity contribution in [2.45, 2.75) is 44.2 Å². The normalized spacial score (nSPS) is 34.6. The zero-order valence-electron chi connectivity index (χ0n) is 11.3. The molecular formula is C12H19N3O4. The fourth-order valence-corrected chi connectivity index (χ4v) is 2.37. The molecule has 1 aromatic heterocycles. The lowest BCUT2D eigenvalue weighted by Crippen LogP contribution is -2.48. The molecule has 0 aliphatic carbocycles. The van der Waals surface area contributed by atoms with Crippen LogP contribution in [0, 0.1) is 0 Å². The van der Waals surface area contributed by atoms with Crippen LogP contribution >= 0.6 is 0 Å². The van der Waals surface area contributed by atoms with E-state index >= 15 is 0 Å². The minimum Gasteiger partial charge on any atom is -0.375 e. The second kappa shape index (κ2) is 4.92. The van der Waals surface area contributed by atoms with Gasteiger partial charge in [0.2, 0.25) is 0 Å². The van der Waals surface area contributed by atoms with Crippen molar-refractivity contribution in [2.75, 3.05) is 7.11 Å². The second-order valence-electron chi connectivity index (χ2n) is 4.92. The fourth-order valence-electron chi connectivity index (χ4n) is 2.37. The average molecular weight is 269 g/mol. The standard InChI is InChI=1S/C12H19N3O4/c1-4-12(2)9(13)8(18-3)10(19-12)15-6-5-7(16)14-11(15)17/h5-6,8-10H,4,13H2,1-3H3,(H,14,16,17)/t8-,9+,10-,12-/m1/s1. The number of ether oxygens (including phenoxy) is 2. The van der Waals surface area contributed by atoms with E-state index in [0.29, 0.717) is 6.42 Å². The van der Waals surface area contributed by atoms with E-state index in [2.05, 4.69) is 4.98 Å². The number of nitrogens with zero attached hydrogens (tertiary/aromatic N) is 1. The highest BCUT2D eigenvalue weighted by molar-refractivity contribution is 5.02. The summed E-state index contributed by atoms with van der Waals surface area (Å²) < 4.78 is 12.6. The molecule has 106 valence electrons. The third-order valence-corrected chi connectivity index (χ3v) is 3.83. The quantitative estimate of drug-likeness (QED) is 0.776. The number of nitrogens with two attached hydrogens (primary N) is 1. The van der Waals surface area contributed by atoms with Crippen molar-refractivity contribution in [1.82, 2.24) is 9.55 Å². The van der Waals surface area contributed by atoms with Crippen molar-refractivity contribution in [1.29, 1.82) is 0 Å². The first-order valence-electron chi connectivity index (χ1n) is 6.20. The maximum atomic E-state index is 11.8. The molecule has 1 aliphatic heterocycles. The van der Waals surface area contributed by atoms with Crippen molar-refractivity contribution >= 4 is 0 Å². The van der Waals surface area contributed by atoms with Crippen LogP contribution in [0.5, 0.6) is 0 Å². The topological polar surface area (TPSA) is 99.3 Å². The Hall–Kier alpha value is -1.44. The van der Waals surface area contributed by atoms with Crippen molar-refractivity contribution in [3.05, 3.63) is 33.1 Å². The van der Waals surface area contributed by atoms with Crippen molar-refractivity contribution in [2.24, 2.45) is 5.73 Å². The Kier molecular flexibility index (Phi) is 3.62. The number of aromatic nitrogens is 2. The second-order valence-corrected chi connectivity index (χ2v) is 4.92. The van der Waals surface area contributed by atoms with Crippen molar-refractivity contribution < 1.29 is 9.47 Å². The molecule has 7 nitrogen and oxygen atoms in total. The maximum Gasteiger partial charge on any atom is 0.330 e. The molecule has 1 saturated heterocycles. The molecule has 1 aliphatic rings. The third kappa shape index (κ3) is 2.24. The first kappa shape index (κ1) is 14.0. The highest BCUT2D eigenvalue weighted by Gasteiger charge is 2.50. The summed E-state index contributed by atoms with van der Waals surface area (Å²) in [5.74, 6) is 0. The predicted molar refractivity (Wildman–Crippen MR) is 68.9 cm³/mol. The summed E-state index contributed by atoms with van der Waals surface area (Å²) in [6, 6.07) is 0.913. The van der Waals surface area contributed by atoms with E-state index in [-0.39, 0.29) is 6.04 Å². The smallest absolute Gasteiger partial charge is 0.330 e. The Morgan fingerprint density at radius 2 is 2.26 bits per heavy atom. The van der Waals surface area contributed by atoms with E-state index in [1.54, 1.807) is 0 Å². The summed E-state index contributed by atoms with van der Waals surface area (Å²) >= 11 is 0. The molecule has 0 spiro atoms. The summed E-state index contributed by atoms with van der Waals surface area (Å²) in [5.41, 5.74) is 4.60. The first-order valence-corrected chi connectivity index (χ1v) is 6.20. The van der Waals surface area contributed by atoms with Gasteiger partial charge >= 0.3 is 5.69 Å². The molecular weight excluding hydrogens is 250 g/mol. The highest BCUT2D eigenvalue weighted by Crippen LogP contribution is 2.38. The van der Waals surface area contributed by atoms with Crippen molar-refractivity contribution in [3.8, 4) is 0 Å². The molecule has 1 aromatic rings. The minimum atomic E-state index is -0.644. The van der Waals surface area contributed by atoms with Gasteiger partial charge in [-0.05, 0) is 13.3 Å². The van der Waals surface area contributed by atoms with Gasteiger partial charge in [0.1, 0.15) is 6.10 Å². The minimum absolute atomic E-state index is 0.355. The van der Waals surface area contributed by atoms with Gasteiger partial charge in [-0.3, -0.25) is 14.3 Å². The lowest BCUT2D eigenvalue weighted by molar-refractivity contribution is -0.0897. The van der Waals surface area contributed by atoms with Crippen LogP contribution in [0.2, 0.25) is 0 Å². The molecule has 0 radical (unpaired) electrons. The van der Waals surface area contributed by atoms with E-state index in [9.17, 15) is 9.59 Å². The summed E-state index contributed by atoms with van der Waals surface area (Å²) in [6.45, 7) is 3.85. The van der Waals surface area contributed by atoms with Crippen LogP contribution in [0.3, 0.4) is 0 Å². The summed E-state index contributed by atoms with van der Waals surface area (Å²) in [6.07, 6.45) is 0.997. The van der Waals surface area contributed by atoms with Crippen LogP contribution in [-0.2, 0) is 9.47 Å². The zero-order valence-corrected chi connectivity index (χ0v) is 11.3. The molecule has 19 heavy (non-hydrogen) atoms. The lowest BCUT2D eigenvalue weighted by Gasteiger charge is -2.26. The van der Waals surface area contributed by atoms with Gasteiger partial charge in [-0.25, -0.2) is 4.79 Å². The van der Waals surface area contributed by atoms with Gasteiger partial charge < -0.3 is 15.2 Å². The molecule has 0 bridgehead atoms. The maximum absolute atomic E-state index is 11.8. The SMILES string of the molecule is CC[C@@]1(C)O[C@@H](n2ccc(=O)[nH]c2=O)[C@H](OC)[C@@H]1N. The van der Waals surface area contributed by atoms with Gasteiger partial charge in [-0.15, -0.1) is 0 Å². The zero-order chi connectivity index (χ0) is 14.2. The number of nitrogens with one attached hydrogen (secondary N) is 1. The van der Waals surface area contributed by atoms with Crippen LogP contribution in [0.1, 0.15) is 26.5 Å². The molecule has 4 atom stereocenters. The van der Waals surface area contributed by atoms with Gasteiger partial charge in [0.25, 0.3) is 5.56 Å². The largest absolute Gasteiger partial charge is 0.375 e. The van der Waals surface area contributed by atoms with Gasteiger partial charge in [-0.2, -0.15) is 0 Å². The van der Waals surface area contributed by atoms with Gasteiger partial charge in [0.15, 0.2) is 6.23 Å². The fraction of sp³-hybridized carbons (Fsp3) is 0.667. The molecule has 1 fully saturated rings. The van der Waals surface area contributed by atoms with E-state index in [0.717, 1.165) is 0 Å². The summed E-state index contributed by atoms with van der Waals surface area (Å²) in [5, 5.41) is 0. The molecule has 7 heteroatoms.